The van der Waals surface area contributed by atoms with E-state index in [2.05, 4.69) is 23.5 Å². The standard InChI is InChI=1S/C12H21N3O/c1-10-7-14-15(8-10)6-5-13-12(9-16-2)11-3-4-11/h7-8,11-13H,3-6,9H2,1-2H3. The molecule has 4 heteroatoms. The first-order valence-electron chi connectivity index (χ1n) is 6.01. The number of nitrogens with zero attached hydrogens (tertiary/aromatic N) is 2. The maximum absolute atomic E-state index is 5.23. The number of hydrogen-bond acceptors (Lipinski definition) is 3. The second kappa shape index (κ2) is 5.46. The Kier molecular flexibility index (Phi) is 3.96. The van der Waals surface area contributed by atoms with Gasteiger partial charge in [0.1, 0.15) is 0 Å². The lowest BCUT2D eigenvalue weighted by Crippen LogP contribution is -2.37. The Bertz CT molecular complexity index is 320. The van der Waals surface area contributed by atoms with Crippen molar-refractivity contribution in [3.63, 3.8) is 0 Å². The van der Waals surface area contributed by atoms with Gasteiger partial charge >= 0.3 is 0 Å². The zero-order valence-electron chi connectivity index (χ0n) is 10.1. The third-order valence-electron chi connectivity index (χ3n) is 3.05. The third-order valence-corrected chi connectivity index (χ3v) is 3.05. The van der Waals surface area contributed by atoms with Crippen molar-refractivity contribution in [3.8, 4) is 0 Å². The molecular formula is C12H21N3O. The highest BCUT2D eigenvalue weighted by atomic mass is 16.5. The zero-order valence-corrected chi connectivity index (χ0v) is 10.1. The van der Waals surface area contributed by atoms with Gasteiger partial charge in [0.2, 0.25) is 0 Å². The molecule has 0 aliphatic heterocycles. The van der Waals surface area contributed by atoms with Crippen LogP contribution in [0.1, 0.15) is 18.4 Å². The fraction of sp³-hybridized carbons (Fsp3) is 0.750. The van der Waals surface area contributed by atoms with Crippen molar-refractivity contribution in [1.82, 2.24) is 15.1 Å². The Morgan fingerprint density at radius 3 is 3.00 bits per heavy atom. The summed E-state index contributed by atoms with van der Waals surface area (Å²) < 4.78 is 7.21. The normalized spacial score (nSPS) is 17.6. The van der Waals surface area contributed by atoms with Crippen LogP contribution in [0.5, 0.6) is 0 Å². The third kappa shape index (κ3) is 3.32. The number of nitrogens with one attached hydrogen (secondary N) is 1. The van der Waals surface area contributed by atoms with E-state index in [9.17, 15) is 0 Å². The molecule has 1 aromatic heterocycles. The van der Waals surface area contributed by atoms with Crippen molar-refractivity contribution in [2.75, 3.05) is 20.3 Å². The molecule has 0 aromatic carbocycles. The molecular weight excluding hydrogens is 202 g/mol. The summed E-state index contributed by atoms with van der Waals surface area (Å²) in [7, 11) is 1.77. The second-order valence-electron chi connectivity index (χ2n) is 4.63. The maximum atomic E-state index is 5.23. The lowest BCUT2D eigenvalue weighted by atomic mass is 10.2. The van der Waals surface area contributed by atoms with Crippen LogP contribution in [0.2, 0.25) is 0 Å². The van der Waals surface area contributed by atoms with E-state index in [0.29, 0.717) is 6.04 Å². The number of aryl methyl sites for hydroxylation is 1. The minimum atomic E-state index is 0.529. The van der Waals surface area contributed by atoms with E-state index >= 15 is 0 Å². The minimum absolute atomic E-state index is 0.529. The molecule has 1 unspecified atom stereocenters. The van der Waals surface area contributed by atoms with Crippen molar-refractivity contribution in [1.29, 1.82) is 0 Å². The van der Waals surface area contributed by atoms with E-state index in [0.717, 1.165) is 25.6 Å². The predicted molar refractivity (Wildman–Crippen MR) is 63.4 cm³/mol. The van der Waals surface area contributed by atoms with Gasteiger partial charge in [-0.05, 0) is 31.2 Å². The lowest BCUT2D eigenvalue weighted by molar-refractivity contribution is 0.157. The minimum Gasteiger partial charge on any atom is -0.383 e. The van der Waals surface area contributed by atoms with Crippen LogP contribution < -0.4 is 5.32 Å². The van der Waals surface area contributed by atoms with Crippen LogP contribution in [0.3, 0.4) is 0 Å². The summed E-state index contributed by atoms with van der Waals surface area (Å²) >= 11 is 0. The van der Waals surface area contributed by atoms with Gasteiger partial charge in [-0.25, -0.2) is 0 Å². The highest BCUT2D eigenvalue weighted by molar-refractivity contribution is 4.99. The molecule has 16 heavy (non-hydrogen) atoms. The van der Waals surface area contributed by atoms with E-state index in [1.54, 1.807) is 7.11 Å². The van der Waals surface area contributed by atoms with E-state index in [-0.39, 0.29) is 0 Å². The highest BCUT2D eigenvalue weighted by Gasteiger charge is 2.30. The SMILES string of the molecule is COCC(NCCn1cc(C)cn1)C1CC1. The predicted octanol–water partition coefficient (Wildman–Crippen LogP) is 1.21. The molecule has 1 saturated carbocycles. The van der Waals surface area contributed by atoms with Gasteiger partial charge in [-0.15, -0.1) is 0 Å². The molecule has 0 saturated heterocycles. The van der Waals surface area contributed by atoms with E-state index in [1.807, 2.05) is 10.9 Å². The molecule has 1 heterocycles. The van der Waals surface area contributed by atoms with E-state index in [4.69, 9.17) is 4.74 Å². The van der Waals surface area contributed by atoms with Crippen LogP contribution in [0.4, 0.5) is 0 Å². The molecule has 1 aliphatic carbocycles. The summed E-state index contributed by atoms with van der Waals surface area (Å²) in [6.07, 6.45) is 6.67. The molecule has 4 nitrogen and oxygen atoms in total. The molecule has 1 atom stereocenters. The molecule has 0 bridgehead atoms. The molecule has 0 spiro atoms. The van der Waals surface area contributed by atoms with Crippen LogP contribution in [0.15, 0.2) is 12.4 Å². The summed E-state index contributed by atoms with van der Waals surface area (Å²) in [4.78, 5) is 0. The van der Waals surface area contributed by atoms with Gasteiger partial charge in [0, 0.05) is 25.9 Å². The number of ether oxygens (including phenoxy) is 1. The van der Waals surface area contributed by atoms with Gasteiger partial charge in [0.15, 0.2) is 0 Å². The van der Waals surface area contributed by atoms with Gasteiger partial charge in [-0.3, -0.25) is 4.68 Å². The molecule has 1 fully saturated rings. The topological polar surface area (TPSA) is 39.1 Å². The maximum Gasteiger partial charge on any atom is 0.0618 e. The largest absolute Gasteiger partial charge is 0.383 e. The molecule has 1 aliphatic rings. The Hall–Kier alpha value is -0.870. The molecule has 0 radical (unpaired) electrons. The fourth-order valence-corrected chi connectivity index (χ4v) is 1.99. The average Bonchev–Trinajstić information content (AvgIpc) is 3.02. The van der Waals surface area contributed by atoms with Crippen molar-refractivity contribution in [2.45, 2.75) is 32.4 Å². The lowest BCUT2D eigenvalue weighted by Gasteiger charge is -2.17. The Balaban J connectivity index is 1.69. The summed E-state index contributed by atoms with van der Waals surface area (Å²) in [6, 6.07) is 0.529. The summed E-state index contributed by atoms with van der Waals surface area (Å²) in [5.41, 5.74) is 1.22. The molecule has 90 valence electrons. The first-order chi connectivity index (χ1) is 7.79. The van der Waals surface area contributed by atoms with Gasteiger partial charge in [-0.1, -0.05) is 0 Å². The van der Waals surface area contributed by atoms with Gasteiger partial charge in [0.05, 0.1) is 19.3 Å². The Morgan fingerprint density at radius 2 is 2.44 bits per heavy atom. The van der Waals surface area contributed by atoms with Crippen molar-refractivity contribution < 1.29 is 4.74 Å². The van der Waals surface area contributed by atoms with Gasteiger partial charge in [0.25, 0.3) is 0 Å². The van der Waals surface area contributed by atoms with Crippen LogP contribution in [0, 0.1) is 12.8 Å². The van der Waals surface area contributed by atoms with Crippen molar-refractivity contribution >= 4 is 0 Å². The van der Waals surface area contributed by atoms with Crippen molar-refractivity contribution in [3.05, 3.63) is 18.0 Å². The average molecular weight is 223 g/mol. The zero-order chi connectivity index (χ0) is 11.4. The Labute approximate surface area is 97.0 Å². The summed E-state index contributed by atoms with van der Waals surface area (Å²) in [6.45, 7) is 4.78. The fourth-order valence-electron chi connectivity index (χ4n) is 1.99. The quantitative estimate of drug-likeness (QED) is 0.755. The van der Waals surface area contributed by atoms with Crippen molar-refractivity contribution in [2.24, 2.45) is 5.92 Å². The molecule has 0 amide bonds. The van der Waals surface area contributed by atoms with Crippen LogP contribution in [-0.2, 0) is 11.3 Å². The Morgan fingerprint density at radius 1 is 1.62 bits per heavy atom. The summed E-state index contributed by atoms with van der Waals surface area (Å²) in [5, 5.41) is 7.82. The number of methoxy groups -OCH3 is 1. The second-order valence-corrected chi connectivity index (χ2v) is 4.63. The number of aromatic nitrogens is 2. The highest BCUT2D eigenvalue weighted by Crippen LogP contribution is 2.32. The van der Waals surface area contributed by atoms with Crippen LogP contribution in [-0.4, -0.2) is 36.1 Å². The molecule has 2 rings (SSSR count). The first kappa shape index (κ1) is 11.6. The van der Waals surface area contributed by atoms with E-state index in [1.165, 1.54) is 18.4 Å². The first-order valence-corrected chi connectivity index (χ1v) is 6.01. The van der Waals surface area contributed by atoms with Gasteiger partial charge in [-0.2, -0.15) is 5.10 Å². The summed E-state index contributed by atoms with van der Waals surface area (Å²) in [5.74, 6) is 0.833. The smallest absolute Gasteiger partial charge is 0.0618 e. The van der Waals surface area contributed by atoms with Crippen LogP contribution in [0.25, 0.3) is 0 Å². The monoisotopic (exact) mass is 223 g/mol. The molecule has 1 N–H and O–H groups in total. The van der Waals surface area contributed by atoms with Crippen LogP contribution >= 0.6 is 0 Å². The molecule has 1 aromatic rings. The number of hydrogen-bond donors (Lipinski definition) is 1. The van der Waals surface area contributed by atoms with Gasteiger partial charge < -0.3 is 10.1 Å². The van der Waals surface area contributed by atoms with E-state index < -0.39 is 0 Å². The number of rotatable bonds is 7.